The minimum absolute atomic E-state index is 0.000746. The molecule has 0 saturated heterocycles. The number of hydrogen-bond acceptors (Lipinski definition) is 5. The van der Waals surface area contributed by atoms with Gasteiger partial charge in [0.1, 0.15) is 5.52 Å². The summed E-state index contributed by atoms with van der Waals surface area (Å²) < 4.78 is 0. The van der Waals surface area contributed by atoms with Crippen molar-refractivity contribution in [1.82, 2.24) is 19.9 Å². The van der Waals surface area contributed by atoms with Crippen molar-refractivity contribution < 1.29 is 5.11 Å². The number of aliphatic hydroxyl groups excluding tert-OH is 1. The maximum absolute atomic E-state index is 9.37. The minimum atomic E-state index is -0.449. The van der Waals surface area contributed by atoms with Crippen molar-refractivity contribution >= 4 is 28.6 Å². The average Bonchev–Trinajstić information content (AvgIpc) is 2.74. The van der Waals surface area contributed by atoms with Crippen molar-refractivity contribution in [3.05, 3.63) is 11.6 Å². The van der Waals surface area contributed by atoms with Crippen molar-refractivity contribution in [1.29, 1.82) is 0 Å². The average molecular weight is 256 g/mol. The molecule has 0 saturated carbocycles. The number of imidazole rings is 1. The van der Waals surface area contributed by atoms with Crippen molar-refractivity contribution in [3.63, 3.8) is 0 Å². The Hall–Kier alpha value is -1.40. The number of nitrogens with one attached hydrogen (secondary N) is 1. The highest BCUT2D eigenvalue weighted by atomic mass is 35.5. The minimum Gasteiger partial charge on any atom is -0.394 e. The highest BCUT2D eigenvalue weighted by molar-refractivity contribution is 6.28. The number of hydrogen-bond donors (Lipinski definition) is 2. The van der Waals surface area contributed by atoms with E-state index in [-0.39, 0.29) is 11.9 Å². The second-order valence-electron chi connectivity index (χ2n) is 4.45. The highest BCUT2D eigenvalue weighted by Crippen LogP contribution is 2.26. The Morgan fingerprint density at radius 3 is 2.82 bits per heavy atom. The molecule has 0 aromatic carbocycles. The lowest BCUT2D eigenvalue weighted by molar-refractivity contribution is 0.216. The molecule has 0 atom stereocenters. The zero-order chi connectivity index (χ0) is 12.6. The van der Waals surface area contributed by atoms with Crippen molar-refractivity contribution in [2.24, 2.45) is 0 Å². The van der Waals surface area contributed by atoms with E-state index < -0.39 is 5.54 Å². The van der Waals surface area contributed by atoms with Crippen LogP contribution in [0.1, 0.15) is 13.8 Å². The van der Waals surface area contributed by atoms with E-state index in [1.54, 1.807) is 6.33 Å². The van der Waals surface area contributed by atoms with Gasteiger partial charge in [-0.1, -0.05) is 0 Å². The first-order valence-electron chi connectivity index (χ1n) is 5.17. The molecular weight excluding hydrogens is 242 g/mol. The van der Waals surface area contributed by atoms with E-state index in [1.807, 2.05) is 25.8 Å². The standard InChI is InChI=1S/C10H14ClN5O/c1-10(2,4-17)16(3)8-6-7(13-5-12-6)14-9(11)15-8/h5,17H,4H2,1-3H3,(H,12,13,14,15). The predicted molar refractivity (Wildman–Crippen MR) is 66.3 cm³/mol. The van der Waals surface area contributed by atoms with Crippen LogP contribution < -0.4 is 4.90 Å². The molecule has 92 valence electrons. The fourth-order valence-corrected chi connectivity index (χ4v) is 1.59. The molecule has 0 bridgehead atoms. The number of rotatable bonds is 3. The van der Waals surface area contributed by atoms with E-state index in [9.17, 15) is 5.11 Å². The smallest absolute Gasteiger partial charge is 0.226 e. The summed E-state index contributed by atoms with van der Waals surface area (Å²) >= 11 is 5.85. The topological polar surface area (TPSA) is 77.9 Å². The summed E-state index contributed by atoms with van der Waals surface area (Å²) in [7, 11) is 1.84. The first-order chi connectivity index (χ1) is 7.95. The lowest BCUT2D eigenvalue weighted by atomic mass is 10.1. The number of H-pyrrole nitrogens is 1. The summed E-state index contributed by atoms with van der Waals surface area (Å²) in [6, 6.07) is 0. The van der Waals surface area contributed by atoms with E-state index >= 15 is 0 Å². The number of halogens is 1. The lowest BCUT2D eigenvalue weighted by Crippen LogP contribution is -2.45. The molecule has 0 spiro atoms. The summed E-state index contributed by atoms with van der Waals surface area (Å²) in [5.74, 6) is 0.622. The third kappa shape index (κ3) is 2.05. The molecule has 0 unspecified atom stereocenters. The predicted octanol–water partition coefficient (Wildman–Crippen LogP) is 1.21. The Kier molecular flexibility index (Phi) is 2.92. The van der Waals surface area contributed by atoms with Gasteiger partial charge in [-0.3, -0.25) is 0 Å². The van der Waals surface area contributed by atoms with E-state index in [1.165, 1.54) is 0 Å². The summed E-state index contributed by atoms with van der Waals surface area (Å²) in [4.78, 5) is 17.1. The first kappa shape index (κ1) is 12.1. The van der Waals surface area contributed by atoms with Gasteiger partial charge in [-0.2, -0.15) is 9.97 Å². The molecule has 17 heavy (non-hydrogen) atoms. The van der Waals surface area contributed by atoms with Crippen LogP contribution in [0.25, 0.3) is 11.2 Å². The van der Waals surface area contributed by atoms with Gasteiger partial charge in [0.05, 0.1) is 18.5 Å². The molecular formula is C10H14ClN5O. The first-order valence-corrected chi connectivity index (χ1v) is 5.55. The summed E-state index contributed by atoms with van der Waals surface area (Å²) in [5, 5.41) is 9.51. The Bertz CT molecular complexity index is 538. The second-order valence-corrected chi connectivity index (χ2v) is 4.79. The van der Waals surface area contributed by atoms with Crippen LogP contribution in [0, 0.1) is 0 Å². The van der Waals surface area contributed by atoms with Crippen LogP contribution in [-0.2, 0) is 0 Å². The molecule has 7 heteroatoms. The van der Waals surface area contributed by atoms with Gasteiger partial charge in [0, 0.05) is 7.05 Å². The van der Waals surface area contributed by atoms with Crippen LogP contribution in [0.5, 0.6) is 0 Å². The van der Waals surface area contributed by atoms with E-state index in [2.05, 4.69) is 19.9 Å². The number of fused-ring (bicyclic) bond motifs is 1. The number of nitrogens with zero attached hydrogens (tertiary/aromatic N) is 4. The molecule has 2 heterocycles. The largest absolute Gasteiger partial charge is 0.394 e. The van der Waals surface area contributed by atoms with Crippen molar-refractivity contribution in [3.8, 4) is 0 Å². The van der Waals surface area contributed by atoms with Gasteiger partial charge in [0.25, 0.3) is 0 Å². The second kappa shape index (κ2) is 4.12. The van der Waals surface area contributed by atoms with Crippen molar-refractivity contribution in [2.45, 2.75) is 19.4 Å². The van der Waals surface area contributed by atoms with Gasteiger partial charge in [-0.25, -0.2) is 4.98 Å². The fourth-order valence-electron chi connectivity index (χ4n) is 1.43. The van der Waals surface area contributed by atoms with Gasteiger partial charge in [-0.05, 0) is 25.4 Å². The monoisotopic (exact) mass is 255 g/mol. The molecule has 6 nitrogen and oxygen atoms in total. The molecule has 2 aromatic rings. The Morgan fingerprint density at radius 2 is 2.18 bits per heavy atom. The van der Waals surface area contributed by atoms with Gasteiger partial charge >= 0.3 is 0 Å². The third-order valence-corrected chi connectivity index (χ3v) is 3.02. The SMILES string of the molecule is CN(c1nc(Cl)nc2nc[nH]c12)C(C)(C)CO. The number of anilines is 1. The highest BCUT2D eigenvalue weighted by Gasteiger charge is 2.26. The molecule has 0 aliphatic rings. The Balaban J connectivity index is 2.58. The van der Waals surface area contributed by atoms with E-state index in [0.29, 0.717) is 17.0 Å². The number of likely N-dealkylation sites (N-methyl/N-ethyl adjacent to an activating group) is 1. The molecule has 2 aromatic heterocycles. The van der Waals surface area contributed by atoms with Crippen LogP contribution in [0.2, 0.25) is 5.28 Å². The fraction of sp³-hybridized carbons (Fsp3) is 0.500. The Morgan fingerprint density at radius 1 is 1.47 bits per heavy atom. The number of aromatic nitrogens is 4. The van der Waals surface area contributed by atoms with E-state index in [0.717, 1.165) is 0 Å². The number of aromatic amines is 1. The lowest BCUT2D eigenvalue weighted by Gasteiger charge is -2.34. The summed E-state index contributed by atoms with van der Waals surface area (Å²) in [6.07, 6.45) is 1.54. The molecule has 2 N–H and O–H groups in total. The van der Waals surface area contributed by atoms with Crippen LogP contribution in [-0.4, -0.2) is 44.2 Å². The van der Waals surface area contributed by atoms with E-state index in [4.69, 9.17) is 11.6 Å². The van der Waals surface area contributed by atoms with Crippen molar-refractivity contribution in [2.75, 3.05) is 18.6 Å². The van der Waals surface area contributed by atoms with Gasteiger partial charge < -0.3 is 15.0 Å². The zero-order valence-electron chi connectivity index (χ0n) is 9.90. The van der Waals surface area contributed by atoms with Gasteiger partial charge in [-0.15, -0.1) is 0 Å². The van der Waals surface area contributed by atoms with Crippen LogP contribution >= 0.6 is 11.6 Å². The summed E-state index contributed by atoms with van der Waals surface area (Å²) in [5.41, 5.74) is 0.773. The van der Waals surface area contributed by atoms with Crippen LogP contribution in [0.4, 0.5) is 5.82 Å². The van der Waals surface area contributed by atoms with Gasteiger partial charge in [0.15, 0.2) is 11.5 Å². The quantitative estimate of drug-likeness (QED) is 0.807. The Labute approximate surface area is 104 Å². The zero-order valence-corrected chi connectivity index (χ0v) is 10.7. The molecule has 0 aliphatic heterocycles. The molecule has 0 amide bonds. The molecule has 0 radical (unpaired) electrons. The van der Waals surface area contributed by atoms with Crippen LogP contribution in [0.3, 0.4) is 0 Å². The van der Waals surface area contributed by atoms with Crippen LogP contribution in [0.15, 0.2) is 6.33 Å². The maximum atomic E-state index is 9.37. The third-order valence-electron chi connectivity index (χ3n) is 2.85. The number of aliphatic hydroxyl groups is 1. The summed E-state index contributed by atoms with van der Waals surface area (Å²) in [6.45, 7) is 3.82. The molecule has 0 fully saturated rings. The van der Waals surface area contributed by atoms with Gasteiger partial charge in [0.2, 0.25) is 5.28 Å². The normalized spacial score (nSPS) is 12.1. The maximum Gasteiger partial charge on any atom is 0.226 e. The molecule has 2 rings (SSSR count). The molecule has 0 aliphatic carbocycles.